The highest BCUT2D eigenvalue weighted by Crippen LogP contribution is 2.13. The molecule has 0 aromatic heterocycles. The van der Waals surface area contributed by atoms with Gasteiger partial charge in [0.2, 0.25) is 0 Å². The van der Waals surface area contributed by atoms with Crippen molar-refractivity contribution in [1.29, 1.82) is 0 Å². The van der Waals surface area contributed by atoms with Gasteiger partial charge in [-0.2, -0.15) is 0 Å². The number of rotatable bonds is 3. The summed E-state index contributed by atoms with van der Waals surface area (Å²) in [5, 5.41) is 0.690. The van der Waals surface area contributed by atoms with Crippen LogP contribution in [0.5, 0.6) is 0 Å². The maximum atomic E-state index is 12.0. The number of benzene rings is 2. The summed E-state index contributed by atoms with van der Waals surface area (Å²) in [6.45, 7) is 0. The lowest BCUT2D eigenvalue weighted by Gasteiger charge is -2.02. The van der Waals surface area contributed by atoms with E-state index < -0.39 is 0 Å². The summed E-state index contributed by atoms with van der Waals surface area (Å²) in [7, 11) is 0. The molecule has 3 heteroatoms. The molecule has 0 N–H and O–H groups in total. The van der Waals surface area contributed by atoms with Crippen LogP contribution in [-0.4, -0.2) is 5.78 Å². The van der Waals surface area contributed by atoms with Crippen LogP contribution in [0.2, 0.25) is 5.02 Å². The first kappa shape index (κ1) is 12.6. The smallest absolute Gasteiger partial charge is 0.167 e. The minimum Gasteiger partial charge on any atom is -0.294 e. The van der Waals surface area contributed by atoms with Gasteiger partial charge in [-0.15, -0.1) is 0 Å². The molecule has 0 aliphatic rings. The monoisotopic (exact) mass is 356 g/mol. The summed E-state index contributed by atoms with van der Waals surface area (Å²) in [5.41, 5.74) is 1.73. The third-order valence-corrected chi connectivity index (χ3v) is 3.42. The third-order valence-electron chi connectivity index (χ3n) is 2.44. The van der Waals surface area contributed by atoms with E-state index in [1.54, 1.807) is 12.1 Å². The number of Topliss-reactive ketones (excluding diaryl/α,β-unsaturated/α-hetero) is 1. The molecule has 0 bridgehead atoms. The molecular weight excluding hydrogens is 347 g/mol. The van der Waals surface area contributed by atoms with Crippen LogP contribution in [0.15, 0.2) is 48.5 Å². The maximum absolute atomic E-state index is 12.0. The van der Waals surface area contributed by atoms with Gasteiger partial charge in [0, 0.05) is 20.6 Å². The van der Waals surface area contributed by atoms with Gasteiger partial charge in [0.25, 0.3) is 0 Å². The Morgan fingerprint density at radius 1 is 1.00 bits per heavy atom. The number of carbonyl (C=O) groups is 1. The summed E-state index contributed by atoms with van der Waals surface area (Å²) in [5.74, 6) is 0.128. The van der Waals surface area contributed by atoms with E-state index in [1.165, 1.54) is 0 Å². The van der Waals surface area contributed by atoms with Crippen LogP contribution in [0.3, 0.4) is 0 Å². The van der Waals surface area contributed by atoms with E-state index >= 15 is 0 Å². The highest BCUT2D eigenvalue weighted by molar-refractivity contribution is 14.1. The van der Waals surface area contributed by atoms with Crippen LogP contribution in [0.4, 0.5) is 0 Å². The topological polar surface area (TPSA) is 17.1 Å². The normalized spacial score (nSPS) is 10.2. The van der Waals surface area contributed by atoms with Gasteiger partial charge in [-0.1, -0.05) is 35.9 Å². The van der Waals surface area contributed by atoms with Crippen molar-refractivity contribution in [2.24, 2.45) is 0 Å². The minimum absolute atomic E-state index is 0.128. The second-order valence-corrected chi connectivity index (χ2v) is 5.42. The molecule has 0 fully saturated rings. The fraction of sp³-hybridized carbons (Fsp3) is 0.0714. The van der Waals surface area contributed by atoms with Crippen LogP contribution < -0.4 is 0 Å². The Bertz CT molecular complexity index is 517. The fourth-order valence-electron chi connectivity index (χ4n) is 1.53. The van der Waals surface area contributed by atoms with Crippen molar-refractivity contribution in [2.75, 3.05) is 0 Å². The molecule has 2 aromatic rings. The van der Waals surface area contributed by atoms with Crippen molar-refractivity contribution >= 4 is 40.0 Å². The van der Waals surface area contributed by atoms with Gasteiger partial charge in [-0.05, 0) is 52.4 Å². The van der Waals surface area contributed by atoms with Gasteiger partial charge < -0.3 is 0 Å². The standard InChI is InChI=1S/C14H10ClIO/c15-12-5-1-10(2-6-12)9-14(17)11-3-7-13(16)8-4-11/h1-8H,9H2. The van der Waals surface area contributed by atoms with Crippen molar-refractivity contribution < 1.29 is 4.79 Å². The molecule has 0 aliphatic carbocycles. The summed E-state index contributed by atoms with van der Waals surface area (Å²) >= 11 is 8.02. The predicted molar refractivity (Wildman–Crippen MR) is 78.6 cm³/mol. The number of halogens is 2. The Kier molecular flexibility index (Phi) is 4.18. The van der Waals surface area contributed by atoms with Crippen molar-refractivity contribution in [1.82, 2.24) is 0 Å². The Morgan fingerprint density at radius 3 is 2.18 bits per heavy atom. The molecule has 2 aromatic carbocycles. The zero-order valence-electron chi connectivity index (χ0n) is 8.99. The van der Waals surface area contributed by atoms with Crippen molar-refractivity contribution in [3.8, 4) is 0 Å². The minimum atomic E-state index is 0.128. The van der Waals surface area contributed by atoms with E-state index in [1.807, 2.05) is 36.4 Å². The lowest BCUT2D eigenvalue weighted by Crippen LogP contribution is -2.03. The Labute approximate surface area is 119 Å². The molecular formula is C14H10ClIO. The van der Waals surface area contributed by atoms with Crippen molar-refractivity contribution in [3.05, 3.63) is 68.3 Å². The van der Waals surface area contributed by atoms with Gasteiger partial charge >= 0.3 is 0 Å². The summed E-state index contributed by atoms with van der Waals surface area (Å²) in [4.78, 5) is 12.0. The average molecular weight is 357 g/mol. The van der Waals surface area contributed by atoms with E-state index in [9.17, 15) is 4.79 Å². The Morgan fingerprint density at radius 2 is 1.59 bits per heavy atom. The second kappa shape index (κ2) is 5.65. The maximum Gasteiger partial charge on any atom is 0.167 e. The molecule has 0 saturated carbocycles. The quantitative estimate of drug-likeness (QED) is 0.589. The van der Waals surface area contributed by atoms with E-state index in [0.717, 1.165) is 14.7 Å². The lowest BCUT2D eigenvalue weighted by molar-refractivity contribution is 0.0993. The largest absolute Gasteiger partial charge is 0.294 e. The van der Waals surface area contributed by atoms with E-state index in [4.69, 9.17) is 11.6 Å². The molecule has 0 spiro atoms. The molecule has 1 nitrogen and oxygen atoms in total. The van der Waals surface area contributed by atoms with Crippen LogP contribution in [0.1, 0.15) is 15.9 Å². The summed E-state index contributed by atoms with van der Waals surface area (Å²) < 4.78 is 1.13. The van der Waals surface area contributed by atoms with Gasteiger partial charge in [0.15, 0.2) is 5.78 Å². The molecule has 0 atom stereocenters. The first-order valence-corrected chi connectivity index (χ1v) is 6.64. The highest BCUT2D eigenvalue weighted by atomic mass is 127. The van der Waals surface area contributed by atoms with Crippen molar-refractivity contribution in [2.45, 2.75) is 6.42 Å². The van der Waals surface area contributed by atoms with Crippen LogP contribution in [0, 0.1) is 3.57 Å². The average Bonchev–Trinajstić information content (AvgIpc) is 2.33. The summed E-state index contributed by atoms with van der Waals surface area (Å²) in [6, 6.07) is 15.0. The SMILES string of the molecule is O=C(Cc1ccc(Cl)cc1)c1ccc(I)cc1. The molecule has 17 heavy (non-hydrogen) atoms. The fourth-order valence-corrected chi connectivity index (χ4v) is 2.01. The van der Waals surface area contributed by atoms with Gasteiger partial charge in [0.05, 0.1) is 0 Å². The van der Waals surface area contributed by atoms with Crippen LogP contribution >= 0.6 is 34.2 Å². The number of hydrogen-bond donors (Lipinski definition) is 0. The first-order valence-electron chi connectivity index (χ1n) is 5.18. The Hall–Kier alpha value is -0.870. The van der Waals surface area contributed by atoms with E-state index in [2.05, 4.69) is 22.6 Å². The third kappa shape index (κ3) is 3.54. The highest BCUT2D eigenvalue weighted by Gasteiger charge is 2.06. The zero-order valence-corrected chi connectivity index (χ0v) is 11.9. The van der Waals surface area contributed by atoms with Crippen LogP contribution in [0.25, 0.3) is 0 Å². The van der Waals surface area contributed by atoms with E-state index in [0.29, 0.717) is 11.4 Å². The molecule has 0 aliphatic heterocycles. The van der Waals surface area contributed by atoms with Gasteiger partial charge in [-0.3, -0.25) is 4.79 Å². The molecule has 86 valence electrons. The first-order chi connectivity index (χ1) is 8.15. The lowest BCUT2D eigenvalue weighted by atomic mass is 10.0. The van der Waals surface area contributed by atoms with Crippen LogP contribution in [-0.2, 0) is 6.42 Å². The second-order valence-electron chi connectivity index (χ2n) is 3.73. The number of carbonyl (C=O) groups excluding carboxylic acids is 1. The van der Waals surface area contributed by atoms with Gasteiger partial charge in [0.1, 0.15) is 0 Å². The predicted octanol–water partition coefficient (Wildman–Crippen LogP) is 4.37. The van der Waals surface area contributed by atoms with Crippen molar-refractivity contribution in [3.63, 3.8) is 0 Å². The van der Waals surface area contributed by atoms with Gasteiger partial charge in [-0.25, -0.2) is 0 Å². The molecule has 0 amide bonds. The Balaban J connectivity index is 2.11. The summed E-state index contributed by atoms with van der Waals surface area (Å²) in [6.07, 6.45) is 0.414. The molecule has 2 rings (SSSR count). The molecule has 0 unspecified atom stereocenters. The van der Waals surface area contributed by atoms with E-state index in [-0.39, 0.29) is 5.78 Å². The number of hydrogen-bond acceptors (Lipinski definition) is 1. The molecule has 0 heterocycles. The molecule has 0 saturated heterocycles. The zero-order chi connectivity index (χ0) is 12.3. The molecule has 0 radical (unpaired) electrons. The number of ketones is 1.